The molecule has 3 nitrogen and oxygen atoms in total. The van der Waals surface area contributed by atoms with Crippen molar-refractivity contribution >= 4 is 0 Å². The van der Waals surface area contributed by atoms with Crippen molar-refractivity contribution < 1.29 is 0 Å². The third-order valence-corrected chi connectivity index (χ3v) is 3.29. The molecule has 0 saturated heterocycles. The predicted octanol–water partition coefficient (Wildman–Crippen LogP) is 3.04. The molecule has 96 valence electrons. The summed E-state index contributed by atoms with van der Waals surface area (Å²) >= 11 is 0. The Labute approximate surface area is 109 Å². The Balaban J connectivity index is 1.77. The van der Waals surface area contributed by atoms with Crippen LogP contribution in [0.5, 0.6) is 0 Å². The average Bonchev–Trinajstić information content (AvgIpc) is 2.90. The molecule has 0 saturated carbocycles. The number of rotatable bonds is 6. The van der Waals surface area contributed by atoms with Crippen molar-refractivity contribution in [3.05, 3.63) is 54.1 Å². The molecule has 0 bridgehead atoms. The summed E-state index contributed by atoms with van der Waals surface area (Å²) in [6.07, 6.45) is 4.84. The van der Waals surface area contributed by atoms with Gasteiger partial charge in [-0.2, -0.15) is 0 Å². The fourth-order valence-corrected chi connectivity index (χ4v) is 2.08. The number of benzene rings is 1. The molecule has 1 heterocycles. The van der Waals surface area contributed by atoms with Crippen LogP contribution < -0.4 is 0 Å². The van der Waals surface area contributed by atoms with E-state index >= 15 is 0 Å². The Morgan fingerprint density at radius 1 is 1.28 bits per heavy atom. The van der Waals surface area contributed by atoms with E-state index in [9.17, 15) is 0 Å². The number of hydrogen-bond donors (Lipinski definition) is 1. The second kappa shape index (κ2) is 6.36. The standard InChI is InChI=1S/C15H21N3/c1-13(14-6-4-3-5-7-14)8-11-18(2)12-15-16-9-10-17-15/h3-7,9-10,13H,8,11-12H2,1-2H3,(H,16,17)/t13-/m0/s1. The van der Waals surface area contributed by atoms with Gasteiger partial charge in [-0.05, 0) is 31.5 Å². The Bertz CT molecular complexity index is 436. The van der Waals surface area contributed by atoms with Gasteiger partial charge in [0.1, 0.15) is 5.82 Å². The SMILES string of the molecule is C[C@@H](CCN(C)Cc1ncc[nH]1)c1ccccc1. The van der Waals surface area contributed by atoms with E-state index in [1.165, 1.54) is 12.0 Å². The topological polar surface area (TPSA) is 31.9 Å². The van der Waals surface area contributed by atoms with Crippen molar-refractivity contribution in [3.8, 4) is 0 Å². The van der Waals surface area contributed by atoms with E-state index in [-0.39, 0.29) is 0 Å². The molecule has 1 atom stereocenters. The molecule has 1 N–H and O–H groups in total. The third kappa shape index (κ3) is 3.70. The summed E-state index contributed by atoms with van der Waals surface area (Å²) < 4.78 is 0. The fourth-order valence-electron chi connectivity index (χ4n) is 2.08. The van der Waals surface area contributed by atoms with Crippen molar-refractivity contribution in [1.29, 1.82) is 0 Å². The van der Waals surface area contributed by atoms with Crippen LogP contribution in [0, 0.1) is 0 Å². The van der Waals surface area contributed by atoms with Gasteiger partial charge in [-0.15, -0.1) is 0 Å². The highest BCUT2D eigenvalue weighted by Gasteiger charge is 2.07. The number of nitrogens with zero attached hydrogens (tertiary/aromatic N) is 2. The van der Waals surface area contributed by atoms with Crippen LogP contribution in [-0.2, 0) is 6.54 Å². The number of H-pyrrole nitrogens is 1. The number of hydrogen-bond acceptors (Lipinski definition) is 2. The lowest BCUT2D eigenvalue weighted by Crippen LogP contribution is -2.21. The smallest absolute Gasteiger partial charge is 0.120 e. The van der Waals surface area contributed by atoms with E-state index in [4.69, 9.17) is 0 Å². The van der Waals surface area contributed by atoms with Crippen molar-refractivity contribution in [3.63, 3.8) is 0 Å². The lowest BCUT2D eigenvalue weighted by molar-refractivity contribution is 0.307. The molecule has 0 aliphatic rings. The maximum atomic E-state index is 4.24. The van der Waals surface area contributed by atoms with Crippen LogP contribution in [-0.4, -0.2) is 28.5 Å². The molecule has 0 amide bonds. The van der Waals surface area contributed by atoms with Gasteiger partial charge < -0.3 is 4.98 Å². The second-order valence-electron chi connectivity index (χ2n) is 4.87. The number of aromatic nitrogens is 2. The molecule has 0 spiro atoms. The molecule has 3 heteroatoms. The number of nitrogens with one attached hydrogen (secondary N) is 1. The first-order valence-corrected chi connectivity index (χ1v) is 6.47. The molecular formula is C15H21N3. The van der Waals surface area contributed by atoms with Gasteiger partial charge >= 0.3 is 0 Å². The van der Waals surface area contributed by atoms with Crippen molar-refractivity contribution in [1.82, 2.24) is 14.9 Å². The van der Waals surface area contributed by atoms with Crippen LogP contribution in [0.1, 0.15) is 30.7 Å². The molecule has 0 radical (unpaired) electrons. The molecule has 1 aromatic heterocycles. The first-order valence-electron chi connectivity index (χ1n) is 6.47. The Morgan fingerprint density at radius 2 is 2.06 bits per heavy atom. The first-order chi connectivity index (χ1) is 8.75. The van der Waals surface area contributed by atoms with Gasteiger partial charge in [0.2, 0.25) is 0 Å². The van der Waals surface area contributed by atoms with Gasteiger partial charge in [0.25, 0.3) is 0 Å². The van der Waals surface area contributed by atoms with Gasteiger partial charge in [-0.25, -0.2) is 4.98 Å². The zero-order chi connectivity index (χ0) is 12.8. The average molecular weight is 243 g/mol. The third-order valence-electron chi connectivity index (χ3n) is 3.29. The fraction of sp³-hybridized carbons (Fsp3) is 0.400. The predicted molar refractivity (Wildman–Crippen MR) is 74.4 cm³/mol. The van der Waals surface area contributed by atoms with Gasteiger partial charge in [0, 0.05) is 12.4 Å². The maximum absolute atomic E-state index is 4.24. The summed E-state index contributed by atoms with van der Waals surface area (Å²) in [7, 11) is 2.14. The first kappa shape index (κ1) is 12.8. The monoisotopic (exact) mass is 243 g/mol. The molecular weight excluding hydrogens is 222 g/mol. The lowest BCUT2D eigenvalue weighted by atomic mass is 9.98. The highest BCUT2D eigenvalue weighted by atomic mass is 15.1. The molecule has 2 rings (SSSR count). The van der Waals surface area contributed by atoms with E-state index in [1.807, 2.05) is 6.20 Å². The number of aromatic amines is 1. The summed E-state index contributed by atoms with van der Waals surface area (Å²) in [6.45, 7) is 4.25. The lowest BCUT2D eigenvalue weighted by Gasteiger charge is -2.18. The van der Waals surface area contributed by atoms with E-state index < -0.39 is 0 Å². The molecule has 0 aliphatic carbocycles. The summed E-state index contributed by atoms with van der Waals surface area (Å²) in [5.41, 5.74) is 1.42. The molecule has 2 aromatic rings. The zero-order valence-electron chi connectivity index (χ0n) is 11.1. The van der Waals surface area contributed by atoms with Crippen molar-refractivity contribution in [2.75, 3.05) is 13.6 Å². The van der Waals surface area contributed by atoms with E-state index in [0.29, 0.717) is 5.92 Å². The maximum Gasteiger partial charge on any atom is 0.120 e. The molecule has 18 heavy (non-hydrogen) atoms. The largest absolute Gasteiger partial charge is 0.348 e. The molecule has 0 fully saturated rings. The number of imidazole rings is 1. The van der Waals surface area contributed by atoms with Gasteiger partial charge in [-0.3, -0.25) is 4.90 Å². The summed E-state index contributed by atoms with van der Waals surface area (Å²) in [5.74, 6) is 1.63. The van der Waals surface area contributed by atoms with Crippen LogP contribution in [0.15, 0.2) is 42.7 Å². The van der Waals surface area contributed by atoms with Crippen LogP contribution in [0.25, 0.3) is 0 Å². The van der Waals surface area contributed by atoms with Crippen LogP contribution in [0.3, 0.4) is 0 Å². The summed E-state index contributed by atoms with van der Waals surface area (Å²) in [5, 5.41) is 0. The zero-order valence-corrected chi connectivity index (χ0v) is 11.1. The minimum absolute atomic E-state index is 0.602. The normalized spacial score (nSPS) is 12.8. The minimum atomic E-state index is 0.602. The Morgan fingerprint density at radius 3 is 2.72 bits per heavy atom. The minimum Gasteiger partial charge on any atom is -0.348 e. The van der Waals surface area contributed by atoms with Crippen molar-refractivity contribution in [2.24, 2.45) is 0 Å². The summed E-state index contributed by atoms with van der Waals surface area (Å²) in [6, 6.07) is 10.7. The summed E-state index contributed by atoms with van der Waals surface area (Å²) in [4.78, 5) is 9.68. The quantitative estimate of drug-likeness (QED) is 0.845. The second-order valence-corrected chi connectivity index (χ2v) is 4.87. The van der Waals surface area contributed by atoms with Gasteiger partial charge in [0.15, 0.2) is 0 Å². The van der Waals surface area contributed by atoms with Crippen LogP contribution in [0.4, 0.5) is 0 Å². The Kier molecular flexibility index (Phi) is 4.53. The van der Waals surface area contributed by atoms with Crippen LogP contribution in [0.2, 0.25) is 0 Å². The van der Waals surface area contributed by atoms with Crippen molar-refractivity contribution in [2.45, 2.75) is 25.8 Å². The van der Waals surface area contributed by atoms with E-state index in [0.717, 1.165) is 18.9 Å². The van der Waals surface area contributed by atoms with Crippen LogP contribution >= 0.6 is 0 Å². The van der Waals surface area contributed by atoms with E-state index in [2.05, 4.69) is 59.2 Å². The highest BCUT2D eigenvalue weighted by molar-refractivity contribution is 5.18. The molecule has 1 aromatic carbocycles. The van der Waals surface area contributed by atoms with E-state index in [1.54, 1.807) is 6.20 Å². The van der Waals surface area contributed by atoms with Gasteiger partial charge in [0.05, 0.1) is 6.54 Å². The van der Waals surface area contributed by atoms with Gasteiger partial charge in [-0.1, -0.05) is 37.3 Å². The molecule has 0 aliphatic heterocycles. The highest BCUT2D eigenvalue weighted by Crippen LogP contribution is 2.18. The Hall–Kier alpha value is -1.61. The molecule has 0 unspecified atom stereocenters.